The van der Waals surface area contributed by atoms with Gasteiger partial charge in [-0.2, -0.15) is 13.2 Å². The van der Waals surface area contributed by atoms with E-state index in [1.54, 1.807) is 0 Å². The zero-order chi connectivity index (χ0) is 13.7. The molecule has 0 saturated carbocycles. The fraction of sp³-hybridized carbons (Fsp3) is 1.00. The molecule has 0 spiro atoms. The summed E-state index contributed by atoms with van der Waals surface area (Å²) in [6.45, 7) is 7.06. The van der Waals surface area contributed by atoms with Crippen molar-refractivity contribution in [1.29, 1.82) is 0 Å². The van der Waals surface area contributed by atoms with Gasteiger partial charge in [-0.05, 0) is 18.8 Å². The van der Waals surface area contributed by atoms with E-state index >= 15 is 0 Å². The lowest BCUT2D eigenvalue weighted by Crippen LogP contribution is -2.59. The van der Waals surface area contributed by atoms with Crippen molar-refractivity contribution in [2.75, 3.05) is 13.1 Å². The van der Waals surface area contributed by atoms with Gasteiger partial charge in [0.1, 0.15) is 0 Å². The van der Waals surface area contributed by atoms with Crippen LogP contribution in [0.3, 0.4) is 0 Å². The summed E-state index contributed by atoms with van der Waals surface area (Å²) in [5.41, 5.74) is 5.29. The number of alkyl halides is 3. The number of nitrogens with zero attached hydrogens (tertiary/aromatic N) is 1. The fourth-order valence-corrected chi connectivity index (χ4v) is 2.05. The van der Waals surface area contributed by atoms with Crippen molar-refractivity contribution in [3.05, 3.63) is 0 Å². The Kier molecular flexibility index (Phi) is 6.48. The summed E-state index contributed by atoms with van der Waals surface area (Å²) < 4.78 is 37.7. The Labute approximate surface area is 102 Å². The van der Waals surface area contributed by atoms with Crippen LogP contribution in [0.15, 0.2) is 0 Å². The van der Waals surface area contributed by atoms with Crippen LogP contribution in [0.25, 0.3) is 0 Å². The topological polar surface area (TPSA) is 29.3 Å². The van der Waals surface area contributed by atoms with Gasteiger partial charge in [0.05, 0.1) is 12.2 Å². The second-order valence-corrected chi connectivity index (χ2v) is 5.10. The highest BCUT2D eigenvalue weighted by Crippen LogP contribution is 2.26. The summed E-state index contributed by atoms with van der Waals surface area (Å²) >= 11 is 0. The molecule has 0 aromatic rings. The third-order valence-corrected chi connectivity index (χ3v) is 2.88. The zero-order valence-electron chi connectivity index (χ0n) is 11.3. The molecule has 0 aromatic carbocycles. The summed E-state index contributed by atoms with van der Waals surface area (Å²) in [6.07, 6.45) is -2.28. The quantitative estimate of drug-likeness (QED) is 0.706. The first-order valence-electron chi connectivity index (χ1n) is 6.25. The highest BCUT2D eigenvalue weighted by molar-refractivity contribution is 4.85. The SMILES string of the molecule is CCCC(N)(CC)N(CC(C)C)CC(F)(F)F. The summed E-state index contributed by atoms with van der Waals surface area (Å²) in [5, 5.41) is 0. The van der Waals surface area contributed by atoms with Crippen LogP contribution in [0.1, 0.15) is 47.0 Å². The Balaban J connectivity index is 4.86. The van der Waals surface area contributed by atoms with Gasteiger partial charge in [0.2, 0.25) is 0 Å². The molecule has 1 atom stereocenters. The lowest BCUT2D eigenvalue weighted by Gasteiger charge is -2.42. The number of hydrogen-bond acceptors (Lipinski definition) is 2. The predicted octanol–water partition coefficient (Wildman–Crippen LogP) is 3.37. The zero-order valence-corrected chi connectivity index (χ0v) is 11.3. The Morgan fingerprint density at radius 3 is 2.00 bits per heavy atom. The maximum atomic E-state index is 12.6. The molecular weight excluding hydrogens is 229 g/mol. The molecule has 2 nitrogen and oxygen atoms in total. The monoisotopic (exact) mass is 254 g/mol. The van der Waals surface area contributed by atoms with Crippen molar-refractivity contribution in [3.8, 4) is 0 Å². The van der Waals surface area contributed by atoms with Crippen molar-refractivity contribution in [2.24, 2.45) is 11.7 Å². The summed E-state index contributed by atoms with van der Waals surface area (Å²) in [7, 11) is 0. The molecule has 0 heterocycles. The highest BCUT2D eigenvalue weighted by Gasteiger charge is 2.38. The molecular formula is C12H25F3N2. The van der Waals surface area contributed by atoms with Gasteiger partial charge in [-0.3, -0.25) is 4.90 Å². The molecule has 17 heavy (non-hydrogen) atoms. The number of rotatable bonds is 7. The molecule has 0 aliphatic rings. The molecule has 0 aliphatic carbocycles. The molecule has 0 saturated heterocycles. The standard InChI is InChI=1S/C12H25F3N2/c1-5-7-11(16,6-2)17(8-10(3)4)9-12(13,14)15/h10H,5-9,16H2,1-4H3. The number of halogens is 3. The molecule has 0 bridgehead atoms. The van der Waals surface area contributed by atoms with Crippen molar-refractivity contribution in [2.45, 2.75) is 58.8 Å². The van der Waals surface area contributed by atoms with Crippen molar-refractivity contribution in [1.82, 2.24) is 4.90 Å². The first kappa shape index (κ1) is 16.7. The lowest BCUT2D eigenvalue weighted by atomic mass is 9.98. The second kappa shape index (κ2) is 6.59. The van der Waals surface area contributed by atoms with E-state index in [2.05, 4.69) is 0 Å². The molecule has 0 rings (SSSR count). The van der Waals surface area contributed by atoms with Crippen LogP contribution in [0.4, 0.5) is 13.2 Å². The van der Waals surface area contributed by atoms with E-state index in [1.165, 1.54) is 4.90 Å². The summed E-state index contributed by atoms with van der Waals surface area (Å²) in [4.78, 5) is 1.39. The molecule has 0 aliphatic heterocycles. The normalized spacial score (nSPS) is 16.6. The third kappa shape index (κ3) is 6.27. The fourth-order valence-electron chi connectivity index (χ4n) is 2.05. The van der Waals surface area contributed by atoms with Crippen LogP contribution in [0, 0.1) is 5.92 Å². The van der Waals surface area contributed by atoms with E-state index in [4.69, 9.17) is 5.73 Å². The van der Waals surface area contributed by atoms with Gasteiger partial charge in [0.25, 0.3) is 0 Å². The van der Waals surface area contributed by atoms with Crippen molar-refractivity contribution >= 4 is 0 Å². The number of nitrogens with two attached hydrogens (primary N) is 1. The van der Waals surface area contributed by atoms with Gasteiger partial charge in [-0.1, -0.05) is 34.1 Å². The predicted molar refractivity (Wildman–Crippen MR) is 64.6 cm³/mol. The third-order valence-electron chi connectivity index (χ3n) is 2.88. The molecule has 1 unspecified atom stereocenters. The van der Waals surface area contributed by atoms with E-state index in [-0.39, 0.29) is 5.92 Å². The maximum absolute atomic E-state index is 12.6. The minimum Gasteiger partial charge on any atom is -0.313 e. The van der Waals surface area contributed by atoms with Gasteiger partial charge in [-0.15, -0.1) is 0 Å². The van der Waals surface area contributed by atoms with E-state index in [1.807, 2.05) is 27.7 Å². The van der Waals surface area contributed by atoms with Gasteiger partial charge in [0, 0.05) is 6.54 Å². The smallest absolute Gasteiger partial charge is 0.313 e. The Bertz CT molecular complexity index is 216. The molecule has 2 N–H and O–H groups in total. The first-order chi connectivity index (χ1) is 7.64. The largest absolute Gasteiger partial charge is 0.401 e. The van der Waals surface area contributed by atoms with Gasteiger partial charge in [0.15, 0.2) is 0 Å². The van der Waals surface area contributed by atoms with Crippen LogP contribution in [-0.4, -0.2) is 29.8 Å². The number of hydrogen-bond donors (Lipinski definition) is 1. The van der Waals surface area contributed by atoms with Gasteiger partial charge < -0.3 is 5.73 Å². The van der Waals surface area contributed by atoms with Gasteiger partial charge in [-0.25, -0.2) is 0 Å². The van der Waals surface area contributed by atoms with Crippen molar-refractivity contribution in [3.63, 3.8) is 0 Å². The Hall–Kier alpha value is -0.290. The summed E-state index contributed by atoms with van der Waals surface area (Å²) in [5.74, 6) is 0.170. The lowest BCUT2D eigenvalue weighted by molar-refractivity contribution is -0.162. The maximum Gasteiger partial charge on any atom is 0.401 e. The average molecular weight is 254 g/mol. The minimum absolute atomic E-state index is 0.170. The highest BCUT2D eigenvalue weighted by atomic mass is 19.4. The molecule has 5 heteroatoms. The first-order valence-corrected chi connectivity index (χ1v) is 6.25. The second-order valence-electron chi connectivity index (χ2n) is 5.10. The van der Waals surface area contributed by atoms with E-state index in [9.17, 15) is 13.2 Å². The van der Waals surface area contributed by atoms with E-state index in [0.717, 1.165) is 6.42 Å². The Morgan fingerprint density at radius 2 is 1.71 bits per heavy atom. The molecule has 0 amide bonds. The molecule has 0 radical (unpaired) electrons. The molecule has 0 aromatic heterocycles. The molecule has 104 valence electrons. The summed E-state index contributed by atoms with van der Waals surface area (Å²) in [6, 6.07) is 0. The van der Waals surface area contributed by atoms with Crippen LogP contribution < -0.4 is 5.73 Å². The van der Waals surface area contributed by atoms with Crippen molar-refractivity contribution < 1.29 is 13.2 Å². The van der Waals surface area contributed by atoms with E-state index in [0.29, 0.717) is 19.4 Å². The van der Waals surface area contributed by atoms with Crippen LogP contribution >= 0.6 is 0 Å². The van der Waals surface area contributed by atoms with E-state index < -0.39 is 18.4 Å². The van der Waals surface area contributed by atoms with Crippen LogP contribution in [-0.2, 0) is 0 Å². The average Bonchev–Trinajstić information content (AvgIpc) is 2.14. The van der Waals surface area contributed by atoms with Crippen LogP contribution in [0.2, 0.25) is 0 Å². The Morgan fingerprint density at radius 1 is 1.18 bits per heavy atom. The van der Waals surface area contributed by atoms with Crippen LogP contribution in [0.5, 0.6) is 0 Å². The molecule has 0 fully saturated rings. The minimum atomic E-state index is -4.19. The van der Waals surface area contributed by atoms with Gasteiger partial charge >= 0.3 is 6.18 Å².